The van der Waals surface area contributed by atoms with Crippen molar-refractivity contribution in [1.82, 2.24) is 19.9 Å². The van der Waals surface area contributed by atoms with Gasteiger partial charge in [0.25, 0.3) is 10.0 Å². The lowest BCUT2D eigenvalue weighted by molar-refractivity contribution is 0.0395. The van der Waals surface area contributed by atoms with E-state index in [4.69, 9.17) is 39.5 Å². The molecule has 0 atom stereocenters. The van der Waals surface area contributed by atoms with Gasteiger partial charge in [0.15, 0.2) is 5.82 Å². The van der Waals surface area contributed by atoms with Crippen LogP contribution in [0.15, 0.2) is 53.6 Å². The second-order valence-electron chi connectivity index (χ2n) is 7.10. The zero-order valence-corrected chi connectivity index (χ0v) is 19.9. The molecule has 0 radical (unpaired) electrons. The van der Waals surface area contributed by atoms with Gasteiger partial charge in [-0.15, -0.1) is 5.10 Å². The lowest BCUT2D eigenvalue weighted by Crippen LogP contribution is -2.43. The van der Waals surface area contributed by atoms with Crippen LogP contribution in [0.4, 0.5) is 5.82 Å². The number of halogens is 3. The molecule has 0 bridgehead atoms. The fourth-order valence-corrected chi connectivity index (χ4v) is 5.08. The Morgan fingerprint density at radius 1 is 1.00 bits per heavy atom. The van der Waals surface area contributed by atoms with Crippen molar-refractivity contribution >= 4 is 50.6 Å². The highest BCUT2D eigenvalue weighted by molar-refractivity contribution is 7.92. The third kappa shape index (κ3) is 5.19. The molecule has 8 nitrogen and oxygen atoms in total. The second-order valence-corrected chi connectivity index (χ2v) is 10.2. The number of sulfonamides is 1. The molecule has 0 N–H and O–H groups in total. The van der Waals surface area contributed by atoms with Crippen LogP contribution in [-0.2, 0) is 14.8 Å². The second kappa shape index (κ2) is 9.94. The molecule has 0 amide bonds. The highest BCUT2D eigenvalue weighted by Gasteiger charge is 2.28. The third-order valence-corrected chi connectivity index (χ3v) is 7.84. The van der Waals surface area contributed by atoms with E-state index in [1.807, 2.05) is 0 Å². The molecule has 0 aliphatic carbocycles. The fourth-order valence-electron chi connectivity index (χ4n) is 3.27. The molecule has 3 aromatic rings. The summed E-state index contributed by atoms with van der Waals surface area (Å²) in [7, 11) is -3.90. The van der Waals surface area contributed by atoms with Crippen LogP contribution in [0.25, 0.3) is 5.69 Å². The molecule has 12 heteroatoms. The van der Waals surface area contributed by atoms with Crippen molar-refractivity contribution in [1.29, 1.82) is 0 Å². The lowest BCUT2D eigenvalue weighted by Gasteiger charge is -2.29. The fraction of sp³-hybridized carbons (Fsp3) is 0.300. The standard InChI is InChI=1S/C20H20Cl3N5O3S/c21-15-1-4-17(5-2-15)32(29,30)28(8-7-26-9-11-31-12-10-26)20-14-27(25-24-20)16-3-6-18(22)19(23)13-16/h1-6,13-14H,7-12H2. The zero-order chi connectivity index (χ0) is 22.7. The summed E-state index contributed by atoms with van der Waals surface area (Å²) in [5, 5.41) is 9.45. The van der Waals surface area contributed by atoms with Crippen LogP contribution < -0.4 is 4.31 Å². The minimum absolute atomic E-state index is 0.118. The van der Waals surface area contributed by atoms with Gasteiger partial charge in [-0.2, -0.15) is 0 Å². The van der Waals surface area contributed by atoms with Crippen LogP contribution >= 0.6 is 34.8 Å². The van der Waals surface area contributed by atoms with Gasteiger partial charge >= 0.3 is 0 Å². The number of morpholine rings is 1. The van der Waals surface area contributed by atoms with Crippen molar-refractivity contribution in [2.75, 3.05) is 43.7 Å². The number of hydrogen-bond donors (Lipinski definition) is 0. The van der Waals surface area contributed by atoms with Crippen LogP contribution in [0.2, 0.25) is 15.1 Å². The Balaban J connectivity index is 1.66. The molecule has 2 aromatic carbocycles. The SMILES string of the molecule is O=S(=O)(c1ccc(Cl)cc1)N(CCN1CCOCC1)c1cn(-c2ccc(Cl)c(Cl)c2)nn1. The van der Waals surface area contributed by atoms with Crippen molar-refractivity contribution < 1.29 is 13.2 Å². The maximum Gasteiger partial charge on any atom is 0.265 e. The third-order valence-electron chi connectivity index (χ3n) is 5.03. The van der Waals surface area contributed by atoms with E-state index in [0.717, 1.165) is 13.1 Å². The molecule has 1 aliphatic rings. The molecule has 1 aromatic heterocycles. The van der Waals surface area contributed by atoms with E-state index < -0.39 is 10.0 Å². The Morgan fingerprint density at radius 2 is 1.72 bits per heavy atom. The average Bonchev–Trinajstić information content (AvgIpc) is 3.26. The summed E-state index contributed by atoms with van der Waals surface area (Å²) in [6.45, 7) is 3.45. The molecular formula is C20H20Cl3N5O3S. The van der Waals surface area contributed by atoms with E-state index in [-0.39, 0.29) is 17.3 Å². The summed E-state index contributed by atoms with van der Waals surface area (Å²) in [6.07, 6.45) is 1.55. The highest BCUT2D eigenvalue weighted by atomic mass is 35.5. The molecule has 32 heavy (non-hydrogen) atoms. The quantitative estimate of drug-likeness (QED) is 0.476. The largest absolute Gasteiger partial charge is 0.379 e. The van der Waals surface area contributed by atoms with Gasteiger partial charge in [-0.05, 0) is 42.5 Å². The van der Waals surface area contributed by atoms with Crippen molar-refractivity contribution in [3.8, 4) is 5.69 Å². The summed E-state index contributed by atoms with van der Waals surface area (Å²) in [4.78, 5) is 2.27. The Bertz CT molecular complexity index is 1180. The molecule has 1 aliphatic heterocycles. The Morgan fingerprint density at radius 3 is 2.41 bits per heavy atom. The van der Waals surface area contributed by atoms with Gasteiger partial charge in [0, 0.05) is 31.2 Å². The number of rotatable bonds is 7. The first-order valence-corrected chi connectivity index (χ1v) is 12.4. The van der Waals surface area contributed by atoms with Crippen molar-refractivity contribution in [2.45, 2.75) is 4.90 Å². The van der Waals surface area contributed by atoms with Gasteiger partial charge in [-0.3, -0.25) is 4.90 Å². The van der Waals surface area contributed by atoms with E-state index in [1.54, 1.807) is 36.5 Å². The first kappa shape index (κ1) is 23.3. The van der Waals surface area contributed by atoms with E-state index in [9.17, 15) is 8.42 Å². The van der Waals surface area contributed by atoms with Crippen molar-refractivity contribution in [3.05, 3.63) is 63.7 Å². The monoisotopic (exact) mass is 515 g/mol. The molecule has 2 heterocycles. The van der Waals surface area contributed by atoms with E-state index in [0.29, 0.717) is 40.5 Å². The summed E-state index contributed by atoms with van der Waals surface area (Å²) in [6, 6.07) is 11.0. The number of benzene rings is 2. The Labute approximate surface area is 201 Å². The van der Waals surface area contributed by atoms with E-state index in [2.05, 4.69) is 15.2 Å². The van der Waals surface area contributed by atoms with Gasteiger partial charge in [0.05, 0.1) is 40.0 Å². The maximum absolute atomic E-state index is 13.5. The normalized spacial score (nSPS) is 15.1. The lowest BCUT2D eigenvalue weighted by atomic mass is 10.3. The maximum atomic E-state index is 13.5. The smallest absolute Gasteiger partial charge is 0.265 e. The number of nitrogens with zero attached hydrogens (tertiary/aromatic N) is 5. The van der Waals surface area contributed by atoms with E-state index in [1.165, 1.54) is 21.1 Å². The van der Waals surface area contributed by atoms with Crippen LogP contribution in [0.5, 0.6) is 0 Å². The summed E-state index contributed by atoms with van der Waals surface area (Å²) < 4.78 is 35.1. The van der Waals surface area contributed by atoms with Crippen molar-refractivity contribution in [2.24, 2.45) is 0 Å². The molecule has 0 saturated carbocycles. The van der Waals surface area contributed by atoms with Crippen molar-refractivity contribution in [3.63, 3.8) is 0 Å². The van der Waals surface area contributed by atoms with Gasteiger partial charge in [-0.25, -0.2) is 17.4 Å². The number of aromatic nitrogens is 3. The molecule has 1 saturated heterocycles. The minimum atomic E-state index is -3.90. The van der Waals surface area contributed by atoms with Crippen LogP contribution in [0, 0.1) is 0 Å². The molecule has 0 unspecified atom stereocenters. The summed E-state index contributed by atoms with van der Waals surface area (Å²) in [5.41, 5.74) is 0.607. The average molecular weight is 517 g/mol. The Hall–Kier alpha value is -1.88. The van der Waals surface area contributed by atoms with Gasteiger partial charge in [-0.1, -0.05) is 40.0 Å². The molecular weight excluding hydrogens is 497 g/mol. The van der Waals surface area contributed by atoms with E-state index >= 15 is 0 Å². The number of anilines is 1. The summed E-state index contributed by atoms with van der Waals surface area (Å²) >= 11 is 18.0. The highest BCUT2D eigenvalue weighted by Crippen LogP contribution is 2.26. The van der Waals surface area contributed by atoms with Gasteiger partial charge < -0.3 is 4.74 Å². The molecule has 170 valence electrons. The first-order chi connectivity index (χ1) is 15.3. The van der Waals surface area contributed by atoms with Crippen LogP contribution in [0.3, 0.4) is 0 Å². The first-order valence-electron chi connectivity index (χ1n) is 9.81. The van der Waals surface area contributed by atoms with Gasteiger partial charge in [0.2, 0.25) is 0 Å². The van der Waals surface area contributed by atoms with Crippen LogP contribution in [-0.4, -0.2) is 67.7 Å². The minimum Gasteiger partial charge on any atom is -0.379 e. The number of ether oxygens (including phenoxy) is 1. The molecule has 4 rings (SSSR count). The topological polar surface area (TPSA) is 80.6 Å². The van der Waals surface area contributed by atoms with Gasteiger partial charge in [0.1, 0.15) is 0 Å². The molecule has 0 spiro atoms. The number of hydrogen-bond acceptors (Lipinski definition) is 6. The molecule has 1 fully saturated rings. The summed E-state index contributed by atoms with van der Waals surface area (Å²) in [5.74, 6) is 0.194. The zero-order valence-electron chi connectivity index (χ0n) is 16.9. The predicted molar refractivity (Wildman–Crippen MR) is 125 cm³/mol. The predicted octanol–water partition coefficient (Wildman–Crippen LogP) is 3.76. The van der Waals surface area contributed by atoms with Crippen LogP contribution in [0.1, 0.15) is 0 Å². The Kier molecular flexibility index (Phi) is 7.24.